The van der Waals surface area contributed by atoms with Crippen LogP contribution in [-0.2, 0) is 16.6 Å². The van der Waals surface area contributed by atoms with Gasteiger partial charge in [0.25, 0.3) is 0 Å². The molecule has 0 saturated heterocycles. The van der Waals surface area contributed by atoms with Crippen LogP contribution in [0.1, 0.15) is 19.4 Å². The second-order valence-electron chi connectivity index (χ2n) is 4.01. The van der Waals surface area contributed by atoms with Gasteiger partial charge in [-0.2, -0.15) is 4.31 Å². The lowest BCUT2D eigenvalue weighted by atomic mass is 10.2. The van der Waals surface area contributed by atoms with Crippen molar-refractivity contribution in [3.63, 3.8) is 0 Å². The van der Waals surface area contributed by atoms with Gasteiger partial charge in [0.1, 0.15) is 0 Å². The molecule has 0 amide bonds. The van der Waals surface area contributed by atoms with Gasteiger partial charge in [0.2, 0.25) is 10.0 Å². The van der Waals surface area contributed by atoms with Crippen LogP contribution in [0.2, 0.25) is 0 Å². The Morgan fingerprint density at radius 2 is 2.18 bits per heavy atom. The second kappa shape index (κ2) is 6.33. The van der Waals surface area contributed by atoms with Crippen LogP contribution in [0.25, 0.3) is 0 Å². The summed E-state index contributed by atoms with van der Waals surface area (Å²) in [7, 11) is -3.30. The van der Waals surface area contributed by atoms with Crippen molar-refractivity contribution in [2.24, 2.45) is 0 Å². The van der Waals surface area contributed by atoms with Gasteiger partial charge in [0.05, 0.1) is 5.75 Å². The molecular formula is C11H17ClN2O2S. The Kier molecular flexibility index (Phi) is 5.36. The molecule has 1 aromatic rings. The number of rotatable bonds is 6. The first-order valence-corrected chi connectivity index (χ1v) is 7.56. The summed E-state index contributed by atoms with van der Waals surface area (Å²) in [4.78, 5) is 3.98. The summed E-state index contributed by atoms with van der Waals surface area (Å²) in [5.41, 5.74) is 0.874. The smallest absolute Gasteiger partial charge is 0.215 e. The van der Waals surface area contributed by atoms with E-state index in [4.69, 9.17) is 11.6 Å². The Bertz CT molecular complexity index is 434. The van der Waals surface area contributed by atoms with Crippen molar-refractivity contribution in [1.82, 2.24) is 9.29 Å². The molecule has 0 fully saturated rings. The Morgan fingerprint density at radius 3 is 2.65 bits per heavy atom. The fourth-order valence-corrected chi connectivity index (χ4v) is 3.49. The van der Waals surface area contributed by atoms with Crippen LogP contribution in [-0.4, -0.2) is 35.4 Å². The predicted molar refractivity (Wildman–Crippen MR) is 69.4 cm³/mol. The summed E-state index contributed by atoms with van der Waals surface area (Å²) in [6.07, 6.45) is 3.34. The number of halogens is 1. The molecule has 0 unspecified atom stereocenters. The van der Waals surface area contributed by atoms with Crippen molar-refractivity contribution in [2.45, 2.75) is 26.4 Å². The molecule has 0 spiro atoms. The molecule has 6 heteroatoms. The summed E-state index contributed by atoms with van der Waals surface area (Å²) in [5.74, 6) is 0.0750. The first-order chi connectivity index (χ1) is 7.97. The molecule has 0 N–H and O–H groups in total. The van der Waals surface area contributed by atoms with Gasteiger partial charge in [-0.1, -0.05) is 6.07 Å². The maximum atomic E-state index is 12.0. The van der Waals surface area contributed by atoms with Crippen LogP contribution in [0.4, 0.5) is 0 Å². The van der Waals surface area contributed by atoms with E-state index in [0.717, 1.165) is 5.56 Å². The van der Waals surface area contributed by atoms with Crippen molar-refractivity contribution in [2.75, 3.05) is 11.6 Å². The molecule has 96 valence electrons. The average Bonchev–Trinajstić information content (AvgIpc) is 2.26. The van der Waals surface area contributed by atoms with Crippen LogP contribution >= 0.6 is 11.6 Å². The van der Waals surface area contributed by atoms with E-state index in [1.165, 1.54) is 4.31 Å². The summed E-state index contributed by atoms with van der Waals surface area (Å²) < 4.78 is 25.4. The standard InChI is InChI=1S/C11H17ClN2O2S/c1-10(2)14(17(15,16)7-5-12)9-11-4-3-6-13-8-11/h3-4,6,8,10H,5,7,9H2,1-2H3. The SMILES string of the molecule is CC(C)N(Cc1cccnc1)S(=O)(=O)CCCl. The lowest BCUT2D eigenvalue weighted by molar-refractivity contribution is 0.348. The van der Waals surface area contributed by atoms with Crippen LogP contribution in [0, 0.1) is 0 Å². The molecule has 17 heavy (non-hydrogen) atoms. The van der Waals surface area contributed by atoms with Gasteiger partial charge in [-0.15, -0.1) is 11.6 Å². The minimum absolute atomic E-state index is 0.0347. The molecule has 0 radical (unpaired) electrons. The Balaban J connectivity index is 2.88. The highest BCUT2D eigenvalue weighted by molar-refractivity contribution is 7.89. The number of hydrogen-bond acceptors (Lipinski definition) is 3. The predicted octanol–water partition coefficient (Wildman–Crippen LogP) is 1.86. The number of hydrogen-bond donors (Lipinski definition) is 0. The van der Waals surface area contributed by atoms with Crippen LogP contribution < -0.4 is 0 Å². The van der Waals surface area contributed by atoms with Gasteiger partial charge in [-0.3, -0.25) is 4.98 Å². The summed E-state index contributed by atoms with van der Waals surface area (Å²) in [6, 6.07) is 3.56. The van der Waals surface area contributed by atoms with E-state index < -0.39 is 10.0 Å². The molecule has 0 bridgehead atoms. The summed E-state index contributed by atoms with van der Waals surface area (Å²) in [6.45, 7) is 4.04. The third-order valence-electron chi connectivity index (χ3n) is 2.33. The number of nitrogens with zero attached hydrogens (tertiary/aromatic N) is 2. The van der Waals surface area contributed by atoms with Gasteiger partial charge in [-0.25, -0.2) is 8.42 Å². The zero-order valence-electron chi connectivity index (χ0n) is 10.0. The molecule has 0 aliphatic carbocycles. The quantitative estimate of drug-likeness (QED) is 0.745. The highest BCUT2D eigenvalue weighted by Crippen LogP contribution is 2.13. The highest BCUT2D eigenvalue weighted by Gasteiger charge is 2.24. The third kappa shape index (κ3) is 4.26. The summed E-state index contributed by atoms with van der Waals surface area (Å²) >= 11 is 5.52. The largest absolute Gasteiger partial charge is 0.264 e. The van der Waals surface area contributed by atoms with Gasteiger partial charge in [0.15, 0.2) is 0 Å². The minimum Gasteiger partial charge on any atom is -0.264 e. The second-order valence-corrected chi connectivity index (χ2v) is 6.42. The molecule has 0 aliphatic rings. The van der Waals surface area contributed by atoms with E-state index in [-0.39, 0.29) is 17.7 Å². The first-order valence-electron chi connectivity index (χ1n) is 5.41. The third-order valence-corrected chi connectivity index (χ3v) is 4.73. The highest BCUT2D eigenvalue weighted by atomic mass is 35.5. The fourth-order valence-electron chi connectivity index (χ4n) is 1.49. The topological polar surface area (TPSA) is 50.3 Å². The van der Waals surface area contributed by atoms with E-state index in [0.29, 0.717) is 6.54 Å². The molecular weight excluding hydrogens is 260 g/mol. The Labute approximate surface area is 108 Å². The van der Waals surface area contributed by atoms with E-state index >= 15 is 0 Å². The zero-order valence-corrected chi connectivity index (χ0v) is 11.6. The molecule has 4 nitrogen and oxygen atoms in total. The number of alkyl halides is 1. The van der Waals surface area contributed by atoms with Crippen molar-refractivity contribution < 1.29 is 8.42 Å². The molecule has 0 saturated carbocycles. The molecule has 1 aromatic heterocycles. The van der Waals surface area contributed by atoms with E-state index in [1.807, 2.05) is 19.9 Å². The molecule has 0 aromatic carbocycles. The van der Waals surface area contributed by atoms with E-state index in [2.05, 4.69) is 4.98 Å². The van der Waals surface area contributed by atoms with Crippen LogP contribution in [0.3, 0.4) is 0 Å². The number of pyridine rings is 1. The Hall–Kier alpha value is -0.650. The van der Waals surface area contributed by atoms with Gasteiger partial charge >= 0.3 is 0 Å². The number of sulfonamides is 1. The van der Waals surface area contributed by atoms with Crippen molar-refractivity contribution in [3.8, 4) is 0 Å². The molecule has 0 atom stereocenters. The monoisotopic (exact) mass is 276 g/mol. The van der Waals surface area contributed by atoms with Crippen molar-refractivity contribution >= 4 is 21.6 Å². The maximum Gasteiger partial charge on any atom is 0.215 e. The lowest BCUT2D eigenvalue weighted by Crippen LogP contribution is -2.38. The van der Waals surface area contributed by atoms with Crippen molar-refractivity contribution in [1.29, 1.82) is 0 Å². The van der Waals surface area contributed by atoms with Crippen LogP contribution in [0.15, 0.2) is 24.5 Å². The fraction of sp³-hybridized carbons (Fsp3) is 0.545. The van der Waals surface area contributed by atoms with Gasteiger partial charge in [0, 0.05) is 30.9 Å². The summed E-state index contributed by atoms with van der Waals surface area (Å²) in [5, 5.41) is 0. The van der Waals surface area contributed by atoms with E-state index in [1.54, 1.807) is 18.5 Å². The average molecular weight is 277 g/mol. The van der Waals surface area contributed by atoms with Gasteiger partial charge in [-0.05, 0) is 25.5 Å². The van der Waals surface area contributed by atoms with Gasteiger partial charge < -0.3 is 0 Å². The molecule has 1 heterocycles. The minimum atomic E-state index is -3.30. The maximum absolute atomic E-state index is 12.0. The van der Waals surface area contributed by atoms with E-state index in [9.17, 15) is 8.42 Å². The van der Waals surface area contributed by atoms with Crippen LogP contribution in [0.5, 0.6) is 0 Å². The normalized spacial score (nSPS) is 12.3. The first kappa shape index (κ1) is 14.4. The number of aromatic nitrogens is 1. The zero-order chi connectivity index (χ0) is 12.9. The van der Waals surface area contributed by atoms with Crippen molar-refractivity contribution in [3.05, 3.63) is 30.1 Å². The Morgan fingerprint density at radius 1 is 1.47 bits per heavy atom. The lowest BCUT2D eigenvalue weighted by Gasteiger charge is -2.25. The molecule has 1 rings (SSSR count). The molecule has 0 aliphatic heterocycles.